The number of nitrogens with one attached hydrogen (secondary N) is 1. The zero-order valence-corrected chi connectivity index (χ0v) is 11.8. The molecular formula is C17H19NO2. The van der Waals surface area contributed by atoms with Crippen LogP contribution in [0, 0.1) is 6.92 Å². The van der Waals surface area contributed by atoms with Crippen LogP contribution in [-0.2, 0) is 9.53 Å². The molecule has 3 heteroatoms. The van der Waals surface area contributed by atoms with Crippen LogP contribution in [0.4, 0.5) is 5.69 Å². The molecule has 0 saturated heterocycles. The maximum absolute atomic E-state index is 11.8. The number of carbonyl (C=O) groups is 1. The fourth-order valence-corrected chi connectivity index (χ4v) is 1.94. The van der Waals surface area contributed by atoms with Crippen molar-refractivity contribution in [2.45, 2.75) is 20.0 Å². The fourth-order valence-electron chi connectivity index (χ4n) is 1.94. The van der Waals surface area contributed by atoms with Crippen molar-refractivity contribution in [1.82, 2.24) is 0 Å². The van der Waals surface area contributed by atoms with Crippen molar-refractivity contribution in [2.75, 3.05) is 11.9 Å². The van der Waals surface area contributed by atoms with E-state index in [9.17, 15) is 4.79 Å². The Kier molecular flexibility index (Phi) is 4.91. The summed E-state index contributed by atoms with van der Waals surface area (Å²) in [4.78, 5) is 11.8. The minimum Gasteiger partial charge on any atom is -0.364 e. The normalized spacial score (nSPS) is 11.9. The summed E-state index contributed by atoms with van der Waals surface area (Å²) in [6.07, 6.45) is -0.0977. The van der Waals surface area contributed by atoms with Crippen LogP contribution in [0.3, 0.4) is 0 Å². The van der Waals surface area contributed by atoms with Crippen molar-refractivity contribution >= 4 is 11.6 Å². The number of anilines is 1. The number of benzene rings is 2. The molecule has 0 aromatic heterocycles. The van der Waals surface area contributed by atoms with E-state index in [2.05, 4.69) is 5.32 Å². The molecular weight excluding hydrogens is 250 g/mol. The van der Waals surface area contributed by atoms with Crippen LogP contribution in [0.25, 0.3) is 0 Å². The molecule has 0 aliphatic heterocycles. The van der Waals surface area contributed by atoms with Gasteiger partial charge in [-0.3, -0.25) is 4.79 Å². The molecule has 2 rings (SSSR count). The summed E-state index contributed by atoms with van der Waals surface area (Å²) < 4.78 is 5.58. The molecule has 1 atom stereocenters. The molecule has 0 fully saturated rings. The van der Waals surface area contributed by atoms with Gasteiger partial charge in [-0.1, -0.05) is 42.5 Å². The van der Waals surface area contributed by atoms with Gasteiger partial charge in [-0.05, 0) is 37.1 Å². The zero-order valence-electron chi connectivity index (χ0n) is 11.8. The molecule has 1 amide bonds. The number of aryl methyl sites for hydroxylation is 1. The Morgan fingerprint density at radius 3 is 2.60 bits per heavy atom. The van der Waals surface area contributed by atoms with E-state index < -0.39 is 0 Å². The van der Waals surface area contributed by atoms with E-state index in [1.165, 1.54) is 0 Å². The number of rotatable bonds is 5. The highest BCUT2D eigenvalue weighted by atomic mass is 16.5. The first kappa shape index (κ1) is 14.3. The van der Waals surface area contributed by atoms with Crippen molar-refractivity contribution in [1.29, 1.82) is 0 Å². The molecule has 2 aromatic carbocycles. The Hall–Kier alpha value is -2.13. The number of hydrogen-bond acceptors (Lipinski definition) is 2. The van der Waals surface area contributed by atoms with E-state index in [1.54, 1.807) is 0 Å². The monoisotopic (exact) mass is 269 g/mol. The minimum atomic E-state index is -0.140. The molecule has 0 spiro atoms. The van der Waals surface area contributed by atoms with Crippen LogP contribution in [0.15, 0.2) is 54.6 Å². The first-order valence-corrected chi connectivity index (χ1v) is 6.68. The maximum Gasteiger partial charge on any atom is 0.250 e. The number of hydrogen-bond donors (Lipinski definition) is 1. The predicted molar refractivity (Wildman–Crippen MR) is 80.6 cm³/mol. The number of amides is 1. The highest BCUT2D eigenvalue weighted by Crippen LogP contribution is 2.16. The standard InChI is InChI=1S/C17H19NO2/c1-13-7-6-10-16(11-13)18-17(19)12-20-14(2)15-8-4-3-5-9-15/h3-11,14H,12H2,1-2H3,(H,18,19). The molecule has 0 aliphatic rings. The van der Waals surface area contributed by atoms with E-state index in [4.69, 9.17) is 4.74 Å². The molecule has 1 unspecified atom stereocenters. The van der Waals surface area contributed by atoms with Crippen LogP contribution in [0.1, 0.15) is 24.2 Å². The second-order valence-electron chi connectivity index (χ2n) is 4.78. The summed E-state index contributed by atoms with van der Waals surface area (Å²) in [5.41, 5.74) is 2.98. The van der Waals surface area contributed by atoms with Gasteiger partial charge >= 0.3 is 0 Å². The lowest BCUT2D eigenvalue weighted by molar-refractivity contribution is -0.122. The third-order valence-electron chi connectivity index (χ3n) is 3.04. The van der Waals surface area contributed by atoms with Crippen LogP contribution in [0.5, 0.6) is 0 Å². The third-order valence-corrected chi connectivity index (χ3v) is 3.04. The highest BCUT2D eigenvalue weighted by molar-refractivity contribution is 5.91. The molecule has 0 heterocycles. The molecule has 0 radical (unpaired) electrons. The van der Waals surface area contributed by atoms with E-state index in [-0.39, 0.29) is 18.6 Å². The van der Waals surface area contributed by atoms with Crippen molar-refractivity contribution in [3.63, 3.8) is 0 Å². The molecule has 20 heavy (non-hydrogen) atoms. The summed E-state index contributed by atoms with van der Waals surface area (Å²) in [6.45, 7) is 3.98. The second-order valence-corrected chi connectivity index (χ2v) is 4.78. The van der Waals surface area contributed by atoms with Crippen molar-refractivity contribution < 1.29 is 9.53 Å². The van der Waals surface area contributed by atoms with Crippen molar-refractivity contribution in [3.8, 4) is 0 Å². The quantitative estimate of drug-likeness (QED) is 0.898. The fraction of sp³-hybridized carbons (Fsp3) is 0.235. The molecule has 0 aliphatic carbocycles. The Balaban J connectivity index is 1.83. The second kappa shape index (κ2) is 6.87. The van der Waals surface area contributed by atoms with Gasteiger partial charge in [-0.2, -0.15) is 0 Å². The van der Waals surface area contributed by atoms with Gasteiger partial charge in [0.2, 0.25) is 5.91 Å². The van der Waals surface area contributed by atoms with Crippen LogP contribution in [-0.4, -0.2) is 12.5 Å². The number of carbonyl (C=O) groups excluding carboxylic acids is 1. The Bertz CT molecular complexity index is 566. The highest BCUT2D eigenvalue weighted by Gasteiger charge is 2.08. The lowest BCUT2D eigenvalue weighted by atomic mass is 10.1. The summed E-state index contributed by atoms with van der Waals surface area (Å²) in [7, 11) is 0. The lowest BCUT2D eigenvalue weighted by Crippen LogP contribution is -2.19. The van der Waals surface area contributed by atoms with Gasteiger partial charge in [-0.15, -0.1) is 0 Å². The first-order valence-electron chi connectivity index (χ1n) is 6.68. The van der Waals surface area contributed by atoms with E-state index in [0.717, 1.165) is 16.8 Å². The Labute approximate surface area is 119 Å². The topological polar surface area (TPSA) is 38.3 Å². The van der Waals surface area contributed by atoms with Crippen LogP contribution < -0.4 is 5.32 Å². The van der Waals surface area contributed by atoms with Crippen molar-refractivity contribution in [2.24, 2.45) is 0 Å². The van der Waals surface area contributed by atoms with E-state index >= 15 is 0 Å². The summed E-state index contributed by atoms with van der Waals surface area (Å²) >= 11 is 0. The average Bonchev–Trinajstić information content (AvgIpc) is 2.46. The number of ether oxygens (including phenoxy) is 1. The third kappa shape index (κ3) is 4.21. The van der Waals surface area contributed by atoms with Gasteiger partial charge in [0.05, 0.1) is 6.10 Å². The molecule has 2 aromatic rings. The van der Waals surface area contributed by atoms with E-state index in [1.807, 2.05) is 68.4 Å². The van der Waals surface area contributed by atoms with Gasteiger partial charge in [0.15, 0.2) is 0 Å². The van der Waals surface area contributed by atoms with Gasteiger partial charge in [0.1, 0.15) is 6.61 Å². The molecule has 1 N–H and O–H groups in total. The SMILES string of the molecule is Cc1cccc(NC(=O)COC(C)c2ccccc2)c1. The summed E-state index contributed by atoms with van der Waals surface area (Å²) in [6, 6.07) is 17.6. The van der Waals surface area contributed by atoms with Crippen LogP contribution in [0.2, 0.25) is 0 Å². The molecule has 104 valence electrons. The van der Waals surface area contributed by atoms with Gasteiger partial charge < -0.3 is 10.1 Å². The zero-order chi connectivity index (χ0) is 14.4. The smallest absolute Gasteiger partial charge is 0.250 e. The largest absolute Gasteiger partial charge is 0.364 e. The molecule has 3 nitrogen and oxygen atoms in total. The van der Waals surface area contributed by atoms with Crippen LogP contribution >= 0.6 is 0 Å². The molecule has 0 saturated carbocycles. The maximum atomic E-state index is 11.8. The minimum absolute atomic E-state index is 0.0456. The van der Waals surface area contributed by atoms with Gasteiger partial charge in [0.25, 0.3) is 0 Å². The van der Waals surface area contributed by atoms with Gasteiger partial charge in [0, 0.05) is 5.69 Å². The summed E-state index contributed by atoms with van der Waals surface area (Å²) in [5.74, 6) is -0.140. The van der Waals surface area contributed by atoms with Crippen molar-refractivity contribution in [3.05, 3.63) is 65.7 Å². The lowest BCUT2D eigenvalue weighted by Gasteiger charge is -2.13. The average molecular weight is 269 g/mol. The van der Waals surface area contributed by atoms with E-state index in [0.29, 0.717) is 0 Å². The Morgan fingerprint density at radius 2 is 1.90 bits per heavy atom. The summed E-state index contributed by atoms with van der Waals surface area (Å²) in [5, 5.41) is 2.83. The predicted octanol–water partition coefficient (Wildman–Crippen LogP) is 3.71. The first-order chi connectivity index (χ1) is 9.65. The molecule has 0 bridgehead atoms. The Morgan fingerprint density at radius 1 is 1.15 bits per heavy atom. The van der Waals surface area contributed by atoms with Gasteiger partial charge in [-0.25, -0.2) is 0 Å².